The van der Waals surface area contributed by atoms with E-state index >= 15 is 0 Å². The first kappa shape index (κ1) is 21.3. The molecule has 0 bridgehead atoms. The van der Waals surface area contributed by atoms with Crippen molar-refractivity contribution in [3.8, 4) is 11.5 Å². The molecule has 0 aliphatic rings. The summed E-state index contributed by atoms with van der Waals surface area (Å²) >= 11 is 5.74. The van der Waals surface area contributed by atoms with Gasteiger partial charge in [-0.2, -0.15) is 4.31 Å². The van der Waals surface area contributed by atoms with Crippen molar-refractivity contribution in [3.05, 3.63) is 66.2 Å². The summed E-state index contributed by atoms with van der Waals surface area (Å²) in [6.45, 7) is 4.00. The van der Waals surface area contributed by atoms with E-state index < -0.39 is 10.0 Å². The number of hydrogen-bond acceptors (Lipinski definition) is 4. The molecule has 27 heavy (non-hydrogen) atoms. The lowest BCUT2D eigenvalue weighted by Gasteiger charge is -2.22. The van der Waals surface area contributed by atoms with Crippen molar-refractivity contribution in [1.82, 2.24) is 4.31 Å². The van der Waals surface area contributed by atoms with Crippen LogP contribution in [0.25, 0.3) is 0 Å². The summed E-state index contributed by atoms with van der Waals surface area (Å²) in [4.78, 5) is 0.226. The van der Waals surface area contributed by atoms with Crippen LogP contribution in [0.15, 0.2) is 60.0 Å². The molecule has 146 valence electrons. The van der Waals surface area contributed by atoms with E-state index in [0.717, 1.165) is 5.56 Å². The number of benzene rings is 2. The number of para-hydroxylation sites is 1. The van der Waals surface area contributed by atoms with E-state index in [4.69, 9.17) is 21.1 Å². The van der Waals surface area contributed by atoms with Crippen LogP contribution in [0, 0.1) is 0 Å². The summed E-state index contributed by atoms with van der Waals surface area (Å²) in [5.41, 5.74) is 1.70. The molecule has 0 amide bonds. The average Bonchev–Trinajstić information content (AvgIpc) is 2.68. The Hall–Kier alpha value is -2.02. The van der Waals surface area contributed by atoms with Crippen molar-refractivity contribution in [1.29, 1.82) is 0 Å². The fraction of sp³-hybridized carbons (Fsp3) is 0.300. The Morgan fingerprint density at radius 1 is 1.11 bits per heavy atom. The van der Waals surface area contributed by atoms with Gasteiger partial charge in [-0.1, -0.05) is 30.3 Å². The van der Waals surface area contributed by atoms with Crippen molar-refractivity contribution in [2.24, 2.45) is 0 Å². The fourth-order valence-corrected chi connectivity index (χ4v) is 4.35. The van der Waals surface area contributed by atoms with Crippen LogP contribution in [0.2, 0.25) is 0 Å². The van der Waals surface area contributed by atoms with Gasteiger partial charge in [0, 0.05) is 24.5 Å². The lowest BCUT2D eigenvalue weighted by Crippen LogP contribution is -2.31. The minimum absolute atomic E-state index is 0.137. The Kier molecular flexibility index (Phi) is 7.71. The van der Waals surface area contributed by atoms with E-state index in [0.29, 0.717) is 29.4 Å². The third kappa shape index (κ3) is 5.03. The van der Waals surface area contributed by atoms with Gasteiger partial charge in [-0.05, 0) is 30.2 Å². The number of halogens is 1. The van der Waals surface area contributed by atoms with Gasteiger partial charge in [-0.3, -0.25) is 0 Å². The van der Waals surface area contributed by atoms with Gasteiger partial charge in [0.25, 0.3) is 0 Å². The number of sulfonamides is 1. The van der Waals surface area contributed by atoms with Crippen molar-refractivity contribution < 1.29 is 17.9 Å². The maximum Gasteiger partial charge on any atom is 0.243 e. The Balaban J connectivity index is 2.37. The number of aryl methyl sites for hydroxylation is 1. The molecule has 0 heterocycles. The van der Waals surface area contributed by atoms with Crippen LogP contribution in [-0.2, 0) is 23.0 Å². The predicted octanol–water partition coefficient (Wildman–Crippen LogP) is 3.86. The molecule has 7 heteroatoms. The number of rotatable bonds is 10. The molecule has 0 aliphatic heterocycles. The summed E-state index contributed by atoms with van der Waals surface area (Å²) < 4.78 is 38.3. The molecule has 2 aromatic rings. The lowest BCUT2D eigenvalue weighted by atomic mass is 10.2. The van der Waals surface area contributed by atoms with E-state index in [-0.39, 0.29) is 18.0 Å². The van der Waals surface area contributed by atoms with Crippen molar-refractivity contribution in [3.63, 3.8) is 0 Å². The molecule has 0 saturated carbocycles. The normalized spacial score (nSPS) is 11.4. The second kappa shape index (κ2) is 9.78. The highest BCUT2D eigenvalue weighted by Gasteiger charge is 2.25. The molecule has 0 N–H and O–H groups in total. The minimum Gasteiger partial charge on any atom is -0.493 e. The summed E-state index contributed by atoms with van der Waals surface area (Å²) in [6, 6.07) is 12.2. The molecule has 2 aromatic carbocycles. The summed E-state index contributed by atoms with van der Waals surface area (Å²) in [5, 5.41) is 0. The van der Waals surface area contributed by atoms with Crippen LogP contribution < -0.4 is 9.47 Å². The maximum atomic E-state index is 13.1. The molecule has 0 radical (unpaired) electrons. The summed E-state index contributed by atoms with van der Waals surface area (Å²) in [5.74, 6) is 1.56. The number of nitrogens with zero attached hydrogens (tertiary/aromatic N) is 1. The number of methoxy groups -OCH3 is 2. The van der Waals surface area contributed by atoms with E-state index in [1.807, 2.05) is 6.07 Å². The average molecular weight is 410 g/mol. The predicted molar refractivity (Wildman–Crippen MR) is 108 cm³/mol. The zero-order valence-corrected chi connectivity index (χ0v) is 17.1. The molecule has 0 aromatic heterocycles. The van der Waals surface area contributed by atoms with Crippen molar-refractivity contribution in [2.45, 2.75) is 17.9 Å². The standard InChI is InChI=1S/C20H24ClNO4S/c1-4-14-22(15-17-6-5-7-19(25-2)20(17)26-3)27(23,24)18-10-8-16(9-11-18)12-13-21/h4-11H,1,12-15H2,2-3H3. The smallest absolute Gasteiger partial charge is 0.243 e. The Morgan fingerprint density at radius 2 is 1.81 bits per heavy atom. The SMILES string of the molecule is C=CCN(Cc1cccc(OC)c1OC)S(=O)(=O)c1ccc(CCCl)cc1. The van der Waals surface area contributed by atoms with Crippen molar-refractivity contribution in [2.75, 3.05) is 26.6 Å². The zero-order valence-electron chi connectivity index (χ0n) is 15.5. The van der Waals surface area contributed by atoms with E-state index in [1.54, 1.807) is 49.6 Å². The van der Waals surface area contributed by atoms with E-state index in [2.05, 4.69) is 6.58 Å². The van der Waals surface area contributed by atoms with E-state index in [9.17, 15) is 8.42 Å². The summed E-state index contributed by atoms with van der Waals surface area (Å²) in [6.07, 6.45) is 2.26. The molecular formula is C20H24ClNO4S. The largest absolute Gasteiger partial charge is 0.493 e. The molecule has 0 atom stereocenters. The first-order valence-corrected chi connectivity index (χ1v) is 10.4. The number of alkyl halides is 1. The van der Waals surface area contributed by atoms with Crippen LogP contribution in [0.3, 0.4) is 0 Å². The zero-order chi connectivity index (χ0) is 19.9. The van der Waals surface area contributed by atoms with Crippen LogP contribution >= 0.6 is 11.6 Å². The van der Waals surface area contributed by atoms with Crippen LogP contribution in [0.1, 0.15) is 11.1 Å². The topological polar surface area (TPSA) is 55.8 Å². The number of hydrogen-bond donors (Lipinski definition) is 0. The molecule has 0 spiro atoms. The van der Waals surface area contributed by atoms with Gasteiger partial charge >= 0.3 is 0 Å². The highest BCUT2D eigenvalue weighted by Crippen LogP contribution is 2.32. The molecule has 0 saturated heterocycles. The first-order chi connectivity index (χ1) is 13.0. The second-order valence-electron chi connectivity index (χ2n) is 5.82. The minimum atomic E-state index is -3.70. The van der Waals surface area contributed by atoms with Gasteiger partial charge in [0.05, 0.1) is 19.1 Å². The second-order valence-corrected chi connectivity index (χ2v) is 8.14. The van der Waals surface area contributed by atoms with E-state index in [1.165, 1.54) is 11.4 Å². The third-order valence-corrected chi connectivity index (χ3v) is 6.12. The Bertz CT molecular complexity index is 866. The lowest BCUT2D eigenvalue weighted by molar-refractivity contribution is 0.345. The number of ether oxygens (including phenoxy) is 2. The van der Waals surface area contributed by atoms with Gasteiger partial charge < -0.3 is 9.47 Å². The maximum absolute atomic E-state index is 13.1. The monoisotopic (exact) mass is 409 g/mol. The highest BCUT2D eigenvalue weighted by atomic mass is 35.5. The fourth-order valence-electron chi connectivity index (χ4n) is 2.75. The van der Waals surface area contributed by atoms with Gasteiger partial charge in [0.15, 0.2) is 11.5 Å². The molecule has 0 fully saturated rings. The van der Waals surface area contributed by atoms with Crippen molar-refractivity contribution >= 4 is 21.6 Å². The molecular weight excluding hydrogens is 386 g/mol. The van der Waals surface area contributed by atoms with Crippen LogP contribution in [0.5, 0.6) is 11.5 Å². The third-order valence-electron chi connectivity index (χ3n) is 4.11. The Morgan fingerprint density at radius 3 is 2.37 bits per heavy atom. The summed E-state index contributed by atoms with van der Waals surface area (Å²) in [7, 11) is -0.630. The van der Waals surface area contributed by atoms with Crippen LogP contribution in [0.4, 0.5) is 0 Å². The first-order valence-electron chi connectivity index (χ1n) is 8.43. The molecule has 0 aliphatic carbocycles. The van der Waals surface area contributed by atoms with Gasteiger partial charge in [-0.15, -0.1) is 18.2 Å². The Labute approximate surface area is 166 Å². The molecule has 5 nitrogen and oxygen atoms in total. The van der Waals surface area contributed by atoms with Gasteiger partial charge in [0.2, 0.25) is 10.0 Å². The highest BCUT2D eigenvalue weighted by molar-refractivity contribution is 7.89. The molecule has 0 unspecified atom stereocenters. The van der Waals surface area contributed by atoms with Gasteiger partial charge in [0.1, 0.15) is 0 Å². The molecule has 2 rings (SSSR count). The van der Waals surface area contributed by atoms with Gasteiger partial charge in [-0.25, -0.2) is 8.42 Å². The quantitative estimate of drug-likeness (QED) is 0.441. The van der Waals surface area contributed by atoms with Crippen LogP contribution in [-0.4, -0.2) is 39.4 Å².